The van der Waals surface area contributed by atoms with Crippen LogP contribution in [0.3, 0.4) is 0 Å². The fourth-order valence-corrected chi connectivity index (χ4v) is 2.61. The number of hydrogen-bond acceptors (Lipinski definition) is 2. The number of hydrogen-bond donors (Lipinski definition) is 1. The molecular formula is C12H18N2OS. The van der Waals surface area contributed by atoms with Crippen LogP contribution in [0.5, 0.6) is 0 Å². The molecule has 0 aromatic carbocycles. The third-order valence-corrected chi connectivity index (χ3v) is 3.84. The first-order valence-corrected chi connectivity index (χ1v) is 6.73. The Hall–Kier alpha value is -1.03. The molecule has 1 saturated heterocycles. The van der Waals surface area contributed by atoms with Gasteiger partial charge < -0.3 is 4.90 Å². The smallest absolute Gasteiger partial charge is 0.322 e. The van der Waals surface area contributed by atoms with Gasteiger partial charge in [-0.25, -0.2) is 4.79 Å². The van der Waals surface area contributed by atoms with E-state index in [2.05, 4.69) is 12.2 Å². The van der Waals surface area contributed by atoms with Crippen molar-refractivity contribution in [1.29, 1.82) is 0 Å². The highest BCUT2D eigenvalue weighted by Gasteiger charge is 2.18. The van der Waals surface area contributed by atoms with Crippen molar-refractivity contribution in [2.24, 2.45) is 5.92 Å². The molecule has 2 rings (SSSR count). The van der Waals surface area contributed by atoms with Gasteiger partial charge in [0, 0.05) is 13.1 Å². The fourth-order valence-electron chi connectivity index (χ4n) is 2.00. The van der Waals surface area contributed by atoms with Crippen LogP contribution in [0.2, 0.25) is 0 Å². The largest absolute Gasteiger partial charge is 0.325 e. The summed E-state index contributed by atoms with van der Waals surface area (Å²) in [6, 6.07) is 3.94. The number of carbonyl (C=O) groups excluding carboxylic acids is 1. The van der Waals surface area contributed by atoms with Gasteiger partial charge in [-0.05, 0) is 42.7 Å². The van der Waals surface area contributed by atoms with E-state index in [0.717, 1.165) is 36.9 Å². The van der Waals surface area contributed by atoms with E-state index >= 15 is 0 Å². The molecule has 0 radical (unpaired) electrons. The molecule has 3 nitrogen and oxygen atoms in total. The highest BCUT2D eigenvalue weighted by Crippen LogP contribution is 2.19. The highest BCUT2D eigenvalue weighted by atomic mass is 32.1. The number of thiophene rings is 1. The van der Waals surface area contributed by atoms with Crippen molar-refractivity contribution in [3.8, 4) is 0 Å². The first kappa shape index (κ1) is 11.5. The zero-order chi connectivity index (χ0) is 11.4. The van der Waals surface area contributed by atoms with Crippen molar-refractivity contribution < 1.29 is 4.79 Å². The molecule has 1 aromatic rings. The van der Waals surface area contributed by atoms with Gasteiger partial charge in [0.1, 0.15) is 0 Å². The Morgan fingerprint density at radius 2 is 2.38 bits per heavy atom. The number of likely N-dealkylation sites (tertiary alicyclic amines) is 1. The van der Waals surface area contributed by atoms with E-state index in [1.54, 1.807) is 11.3 Å². The van der Waals surface area contributed by atoms with Crippen LogP contribution < -0.4 is 5.32 Å². The number of nitrogens with one attached hydrogen (secondary N) is 1. The zero-order valence-corrected chi connectivity index (χ0v) is 10.4. The number of nitrogens with zero attached hydrogens (tertiary/aromatic N) is 1. The minimum absolute atomic E-state index is 0.0524. The first-order chi connectivity index (χ1) is 7.75. The number of carbonyl (C=O) groups is 1. The molecule has 2 amide bonds. The molecule has 2 heterocycles. The normalized spacial score (nSPS) is 21.6. The van der Waals surface area contributed by atoms with Gasteiger partial charge in [0.2, 0.25) is 0 Å². The van der Waals surface area contributed by atoms with Crippen LogP contribution in [-0.4, -0.2) is 24.0 Å². The van der Waals surface area contributed by atoms with Gasteiger partial charge in [-0.15, -0.1) is 11.3 Å². The number of anilines is 1. The maximum absolute atomic E-state index is 11.9. The molecule has 1 fully saturated rings. The summed E-state index contributed by atoms with van der Waals surface area (Å²) in [5.74, 6) is 0.750. The van der Waals surface area contributed by atoms with Crippen molar-refractivity contribution in [3.63, 3.8) is 0 Å². The van der Waals surface area contributed by atoms with E-state index in [1.807, 2.05) is 22.4 Å². The predicted molar refractivity (Wildman–Crippen MR) is 67.9 cm³/mol. The van der Waals surface area contributed by atoms with Crippen molar-refractivity contribution in [2.75, 3.05) is 18.4 Å². The van der Waals surface area contributed by atoms with Gasteiger partial charge in [-0.2, -0.15) is 0 Å². The molecule has 4 heteroatoms. The van der Waals surface area contributed by atoms with Crippen molar-refractivity contribution in [1.82, 2.24) is 4.90 Å². The van der Waals surface area contributed by atoms with E-state index in [-0.39, 0.29) is 6.03 Å². The Bertz CT molecular complexity index is 337. The standard InChI is InChI=1S/C12H18N2OS/c1-10-4-2-7-14(8-6-10)12(15)13-11-5-3-9-16-11/h3,5,9-10H,2,4,6-8H2,1H3,(H,13,15). The van der Waals surface area contributed by atoms with Crippen molar-refractivity contribution in [2.45, 2.75) is 26.2 Å². The van der Waals surface area contributed by atoms with Gasteiger partial charge in [0.15, 0.2) is 0 Å². The Balaban J connectivity index is 1.89. The second kappa shape index (κ2) is 5.34. The molecule has 0 aliphatic carbocycles. The molecular weight excluding hydrogens is 220 g/mol. The number of amides is 2. The van der Waals surface area contributed by atoms with Crippen LogP contribution in [0.25, 0.3) is 0 Å². The van der Waals surface area contributed by atoms with E-state index in [9.17, 15) is 4.79 Å². The zero-order valence-electron chi connectivity index (χ0n) is 9.61. The highest BCUT2D eigenvalue weighted by molar-refractivity contribution is 7.14. The minimum Gasteiger partial charge on any atom is -0.325 e. The molecule has 0 spiro atoms. The van der Waals surface area contributed by atoms with Crippen LogP contribution in [0, 0.1) is 5.92 Å². The van der Waals surface area contributed by atoms with Gasteiger partial charge in [0.05, 0.1) is 5.00 Å². The third kappa shape index (κ3) is 2.98. The van der Waals surface area contributed by atoms with E-state index in [0.29, 0.717) is 0 Å². The summed E-state index contributed by atoms with van der Waals surface area (Å²) in [5, 5.41) is 5.84. The lowest BCUT2D eigenvalue weighted by Gasteiger charge is -2.20. The number of rotatable bonds is 1. The summed E-state index contributed by atoms with van der Waals surface area (Å²) in [5.41, 5.74) is 0. The molecule has 0 bridgehead atoms. The van der Waals surface area contributed by atoms with Gasteiger partial charge >= 0.3 is 6.03 Å². The first-order valence-electron chi connectivity index (χ1n) is 5.85. The lowest BCUT2D eigenvalue weighted by molar-refractivity contribution is 0.213. The average molecular weight is 238 g/mol. The molecule has 0 saturated carbocycles. The topological polar surface area (TPSA) is 32.3 Å². The molecule has 16 heavy (non-hydrogen) atoms. The quantitative estimate of drug-likeness (QED) is 0.799. The summed E-state index contributed by atoms with van der Waals surface area (Å²) >= 11 is 1.56. The minimum atomic E-state index is 0.0524. The van der Waals surface area contributed by atoms with E-state index in [4.69, 9.17) is 0 Å². The summed E-state index contributed by atoms with van der Waals surface area (Å²) in [7, 11) is 0. The Morgan fingerprint density at radius 3 is 3.12 bits per heavy atom. The van der Waals surface area contributed by atoms with Crippen LogP contribution in [0.15, 0.2) is 17.5 Å². The van der Waals surface area contributed by atoms with Crippen molar-refractivity contribution >= 4 is 22.4 Å². The molecule has 1 atom stereocenters. The number of urea groups is 1. The van der Waals surface area contributed by atoms with Crippen LogP contribution in [-0.2, 0) is 0 Å². The van der Waals surface area contributed by atoms with Crippen LogP contribution in [0.1, 0.15) is 26.2 Å². The summed E-state index contributed by atoms with van der Waals surface area (Å²) < 4.78 is 0. The SMILES string of the molecule is CC1CCCN(C(=O)Nc2cccs2)CC1. The van der Waals surface area contributed by atoms with Crippen molar-refractivity contribution in [3.05, 3.63) is 17.5 Å². The molecule has 1 unspecified atom stereocenters. The molecule has 1 aliphatic heterocycles. The predicted octanol–water partition coefficient (Wildman–Crippen LogP) is 3.40. The Morgan fingerprint density at radius 1 is 1.50 bits per heavy atom. The van der Waals surface area contributed by atoms with E-state index in [1.165, 1.54) is 6.42 Å². The van der Waals surface area contributed by atoms with Gasteiger partial charge in [-0.1, -0.05) is 6.92 Å². The second-order valence-electron chi connectivity index (χ2n) is 4.43. The van der Waals surface area contributed by atoms with Crippen LogP contribution >= 0.6 is 11.3 Å². The van der Waals surface area contributed by atoms with Gasteiger partial charge in [0.25, 0.3) is 0 Å². The second-order valence-corrected chi connectivity index (χ2v) is 5.38. The Labute approximate surface area is 100 Å². The molecule has 88 valence electrons. The molecule has 1 aliphatic rings. The third-order valence-electron chi connectivity index (χ3n) is 3.06. The maximum Gasteiger partial charge on any atom is 0.322 e. The summed E-state index contributed by atoms with van der Waals surface area (Å²) in [6.07, 6.45) is 3.49. The molecule has 1 aromatic heterocycles. The lowest BCUT2D eigenvalue weighted by Crippen LogP contribution is -2.35. The summed E-state index contributed by atoms with van der Waals surface area (Å²) in [4.78, 5) is 13.9. The fraction of sp³-hybridized carbons (Fsp3) is 0.583. The summed E-state index contributed by atoms with van der Waals surface area (Å²) in [6.45, 7) is 4.04. The Kier molecular flexibility index (Phi) is 3.83. The van der Waals surface area contributed by atoms with Gasteiger partial charge in [-0.3, -0.25) is 5.32 Å². The molecule has 1 N–H and O–H groups in total. The lowest BCUT2D eigenvalue weighted by atomic mass is 10.0. The monoisotopic (exact) mass is 238 g/mol. The maximum atomic E-state index is 11.9. The van der Waals surface area contributed by atoms with E-state index < -0.39 is 0 Å². The van der Waals surface area contributed by atoms with Crippen LogP contribution in [0.4, 0.5) is 9.80 Å². The average Bonchev–Trinajstić information content (AvgIpc) is 2.66.